The maximum Gasteiger partial charge on any atom is 0.341 e. The van der Waals surface area contributed by atoms with E-state index < -0.39 is 5.97 Å². The summed E-state index contributed by atoms with van der Waals surface area (Å²) in [5.41, 5.74) is 7.06. The predicted molar refractivity (Wildman–Crippen MR) is 53.1 cm³/mol. The van der Waals surface area contributed by atoms with Gasteiger partial charge in [-0.1, -0.05) is 6.07 Å². The molecular weight excluding hydrogens is 180 g/mol. The van der Waals surface area contributed by atoms with E-state index >= 15 is 0 Å². The van der Waals surface area contributed by atoms with Crippen LogP contribution in [0.15, 0.2) is 30.5 Å². The van der Waals surface area contributed by atoms with E-state index in [1.54, 1.807) is 16.7 Å². The summed E-state index contributed by atoms with van der Waals surface area (Å²) in [6.07, 6.45) is 1.80. The van der Waals surface area contributed by atoms with E-state index in [1.807, 2.05) is 18.2 Å². The van der Waals surface area contributed by atoms with E-state index in [-0.39, 0.29) is 0 Å². The Morgan fingerprint density at radius 2 is 2.29 bits per heavy atom. The molecule has 0 unspecified atom stereocenters. The van der Waals surface area contributed by atoms with Gasteiger partial charge in [0.25, 0.3) is 0 Å². The lowest BCUT2D eigenvalue weighted by Gasteiger charge is -1.98. The number of methoxy groups -OCH3 is 1. The van der Waals surface area contributed by atoms with Gasteiger partial charge in [-0.25, -0.2) is 4.79 Å². The molecule has 0 aliphatic carbocycles. The van der Waals surface area contributed by atoms with Gasteiger partial charge < -0.3 is 14.9 Å². The van der Waals surface area contributed by atoms with Crippen LogP contribution in [0.5, 0.6) is 0 Å². The van der Waals surface area contributed by atoms with Crippen LogP contribution >= 0.6 is 0 Å². The number of nitrogen functional groups attached to an aromatic ring is 1. The van der Waals surface area contributed by atoms with E-state index in [1.165, 1.54) is 7.11 Å². The minimum atomic E-state index is -0.411. The van der Waals surface area contributed by atoms with Crippen molar-refractivity contribution >= 4 is 17.3 Å². The zero-order valence-electron chi connectivity index (χ0n) is 7.73. The van der Waals surface area contributed by atoms with Crippen molar-refractivity contribution in [3.63, 3.8) is 0 Å². The van der Waals surface area contributed by atoms with Crippen molar-refractivity contribution in [1.29, 1.82) is 0 Å². The second kappa shape index (κ2) is 3.06. The third-order valence-corrected chi connectivity index (χ3v) is 2.12. The molecule has 14 heavy (non-hydrogen) atoms. The van der Waals surface area contributed by atoms with Crippen molar-refractivity contribution in [3.8, 4) is 0 Å². The number of anilines is 1. The molecule has 0 fully saturated rings. The van der Waals surface area contributed by atoms with Crippen molar-refractivity contribution in [3.05, 3.63) is 36.0 Å². The highest BCUT2D eigenvalue weighted by atomic mass is 16.5. The predicted octanol–water partition coefficient (Wildman–Crippen LogP) is 1.31. The first-order valence-corrected chi connectivity index (χ1v) is 4.18. The number of aromatic nitrogens is 1. The smallest absolute Gasteiger partial charge is 0.341 e. The van der Waals surface area contributed by atoms with E-state index in [2.05, 4.69) is 4.74 Å². The Hall–Kier alpha value is -1.97. The number of hydrogen-bond acceptors (Lipinski definition) is 3. The zero-order chi connectivity index (χ0) is 10.1. The summed E-state index contributed by atoms with van der Waals surface area (Å²) < 4.78 is 6.36. The van der Waals surface area contributed by atoms with Crippen LogP contribution in [0, 0.1) is 0 Å². The molecule has 0 saturated heterocycles. The van der Waals surface area contributed by atoms with Crippen LogP contribution in [-0.2, 0) is 4.74 Å². The average molecular weight is 190 g/mol. The highest BCUT2D eigenvalue weighted by Gasteiger charge is 2.13. The van der Waals surface area contributed by atoms with Gasteiger partial charge in [-0.05, 0) is 18.2 Å². The first kappa shape index (κ1) is 8.62. The molecule has 2 N–H and O–H groups in total. The van der Waals surface area contributed by atoms with Gasteiger partial charge in [-0.15, -0.1) is 0 Å². The Balaban J connectivity index is 2.68. The van der Waals surface area contributed by atoms with Gasteiger partial charge in [-0.3, -0.25) is 0 Å². The third-order valence-electron chi connectivity index (χ3n) is 2.12. The number of esters is 1. The van der Waals surface area contributed by atoms with E-state index in [9.17, 15) is 4.79 Å². The number of pyridine rings is 1. The third kappa shape index (κ3) is 1.12. The molecule has 0 radical (unpaired) electrons. The number of carbonyl (C=O) groups excluding carboxylic acids is 1. The fraction of sp³-hybridized carbons (Fsp3) is 0.100. The minimum Gasteiger partial charge on any atom is -0.465 e. The Morgan fingerprint density at radius 3 is 2.93 bits per heavy atom. The number of carbonyl (C=O) groups is 1. The first-order chi connectivity index (χ1) is 6.74. The van der Waals surface area contributed by atoms with Gasteiger partial charge >= 0.3 is 5.97 Å². The number of rotatable bonds is 1. The number of fused-ring (bicyclic) bond motifs is 1. The summed E-state index contributed by atoms with van der Waals surface area (Å²) in [5.74, 6) is -0.00125. The summed E-state index contributed by atoms with van der Waals surface area (Å²) in [5, 5.41) is 0. The van der Waals surface area contributed by atoms with Gasteiger partial charge in [0.15, 0.2) is 0 Å². The Kier molecular flexibility index (Phi) is 1.89. The minimum absolute atomic E-state index is 0.402. The average Bonchev–Trinajstić information content (AvgIpc) is 2.56. The molecule has 0 spiro atoms. The SMILES string of the molecule is COC(=O)c1cc2ccccn2c1N. The standard InChI is InChI=1S/C10H10N2O2/c1-14-10(13)8-6-7-4-2-3-5-12(7)9(8)11/h2-6H,11H2,1H3. The Morgan fingerprint density at radius 1 is 1.50 bits per heavy atom. The molecule has 2 aromatic rings. The molecule has 2 aromatic heterocycles. The topological polar surface area (TPSA) is 56.7 Å². The Bertz CT molecular complexity index is 488. The summed E-state index contributed by atoms with van der Waals surface area (Å²) in [4.78, 5) is 11.3. The molecule has 0 aromatic carbocycles. The molecule has 2 heterocycles. The Labute approximate surface area is 80.9 Å². The number of nitrogens with zero attached hydrogens (tertiary/aromatic N) is 1. The summed E-state index contributed by atoms with van der Waals surface area (Å²) >= 11 is 0. The molecule has 0 amide bonds. The molecule has 72 valence electrons. The highest BCUT2D eigenvalue weighted by Crippen LogP contribution is 2.19. The second-order valence-corrected chi connectivity index (χ2v) is 2.93. The van der Waals surface area contributed by atoms with Crippen molar-refractivity contribution < 1.29 is 9.53 Å². The van der Waals surface area contributed by atoms with Crippen LogP contribution in [0.4, 0.5) is 5.82 Å². The normalized spacial score (nSPS) is 10.4. The lowest BCUT2D eigenvalue weighted by Crippen LogP contribution is -2.04. The lowest BCUT2D eigenvalue weighted by atomic mass is 10.3. The number of ether oxygens (including phenoxy) is 1. The molecule has 2 rings (SSSR count). The van der Waals surface area contributed by atoms with Crippen LogP contribution in [-0.4, -0.2) is 17.5 Å². The van der Waals surface area contributed by atoms with Crippen LogP contribution in [0.3, 0.4) is 0 Å². The largest absolute Gasteiger partial charge is 0.465 e. The van der Waals surface area contributed by atoms with Crippen LogP contribution in [0.25, 0.3) is 5.52 Å². The van der Waals surface area contributed by atoms with Gasteiger partial charge in [0, 0.05) is 11.7 Å². The maximum absolute atomic E-state index is 11.3. The summed E-state index contributed by atoms with van der Waals surface area (Å²) in [7, 11) is 1.34. The molecule has 4 nitrogen and oxygen atoms in total. The fourth-order valence-corrected chi connectivity index (χ4v) is 1.42. The van der Waals surface area contributed by atoms with Crippen LogP contribution < -0.4 is 5.73 Å². The zero-order valence-corrected chi connectivity index (χ0v) is 7.73. The lowest BCUT2D eigenvalue weighted by molar-refractivity contribution is 0.0602. The molecule has 4 heteroatoms. The van der Waals surface area contributed by atoms with Gasteiger partial charge in [0.2, 0.25) is 0 Å². The monoisotopic (exact) mass is 190 g/mol. The van der Waals surface area contributed by atoms with Crippen molar-refractivity contribution in [1.82, 2.24) is 4.40 Å². The van der Waals surface area contributed by atoms with Crippen molar-refractivity contribution in [2.45, 2.75) is 0 Å². The first-order valence-electron chi connectivity index (χ1n) is 4.18. The molecule has 0 bridgehead atoms. The number of hydrogen-bond donors (Lipinski definition) is 1. The van der Waals surface area contributed by atoms with Gasteiger partial charge in [-0.2, -0.15) is 0 Å². The molecular formula is C10H10N2O2. The molecule has 0 saturated carbocycles. The van der Waals surface area contributed by atoms with Crippen LogP contribution in [0.1, 0.15) is 10.4 Å². The quantitative estimate of drug-likeness (QED) is 0.690. The van der Waals surface area contributed by atoms with Crippen molar-refractivity contribution in [2.75, 3.05) is 12.8 Å². The molecule has 0 atom stereocenters. The molecule has 0 aliphatic rings. The maximum atomic E-state index is 11.3. The van der Waals surface area contributed by atoms with Crippen LogP contribution in [0.2, 0.25) is 0 Å². The van der Waals surface area contributed by atoms with Gasteiger partial charge in [0.1, 0.15) is 11.4 Å². The summed E-state index contributed by atoms with van der Waals surface area (Å²) in [6.45, 7) is 0. The second-order valence-electron chi connectivity index (χ2n) is 2.93. The highest BCUT2D eigenvalue weighted by molar-refractivity contribution is 5.96. The fourth-order valence-electron chi connectivity index (χ4n) is 1.42. The van der Waals surface area contributed by atoms with E-state index in [0.717, 1.165) is 5.52 Å². The summed E-state index contributed by atoms with van der Waals surface area (Å²) in [6, 6.07) is 7.32. The van der Waals surface area contributed by atoms with E-state index in [4.69, 9.17) is 5.73 Å². The number of nitrogens with two attached hydrogens (primary N) is 1. The van der Waals surface area contributed by atoms with Crippen molar-refractivity contribution in [2.24, 2.45) is 0 Å². The van der Waals surface area contributed by atoms with Gasteiger partial charge in [0.05, 0.1) is 7.11 Å². The van der Waals surface area contributed by atoms with E-state index in [0.29, 0.717) is 11.4 Å². The molecule has 0 aliphatic heterocycles.